The Morgan fingerprint density at radius 3 is 2.42 bits per heavy atom. The zero-order chi connectivity index (χ0) is 9.35. The molecule has 1 N–H and O–H groups in total. The van der Waals surface area contributed by atoms with Crippen LogP contribution >= 0.6 is 0 Å². The van der Waals surface area contributed by atoms with Crippen molar-refractivity contribution in [1.82, 2.24) is 10.2 Å². The number of allylic oxidation sites excluding steroid dienone is 1. The average molecular weight is 167 g/mol. The molecule has 68 valence electrons. The molecule has 1 heterocycles. The minimum atomic E-state index is -0.0745. The molecule has 0 aromatic carbocycles. The summed E-state index contributed by atoms with van der Waals surface area (Å²) in [5, 5.41) is 3.21. The lowest BCUT2D eigenvalue weighted by molar-refractivity contribution is 0.544. The van der Waals surface area contributed by atoms with E-state index in [4.69, 9.17) is 0 Å². The average Bonchev–Trinajstić information content (AvgIpc) is 1.82. The van der Waals surface area contributed by atoms with E-state index in [1.807, 2.05) is 19.0 Å². The molecule has 1 rings (SSSR count). The number of aliphatic imine (C=N–C) groups is 1. The summed E-state index contributed by atoms with van der Waals surface area (Å²) in [5.41, 5.74) is 1.09. The molecule has 0 radical (unpaired) electrons. The molecule has 0 saturated carbocycles. The third kappa shape index (κ3) is 2.00. The van der Waals surface area contributed by atoms with Gasteiger partial charge in [0.15, 0.2) is 5.96 Å². The number of nitrogens with zero attached hydrogens (tertiary/aromatic N) is 2. The Labute approximate surface area is 74.2 Å². The second-order valence-electron chi connectivity index (χ2n) is 3.94. The first kappa shape index (κ1) is 9.10. The van der Waals surface area contributed by atoms with Gasteiger partial charge in [-0.15, -0.1) is 0 Å². The molecule has 0 saturated heterocycles. The highest BCUT2D eigenvalue weighted by atomic mass is 15.3. The van der Waals surface area contributed by atoms with E-state index in [0.29, 0.717) is 0 Å². The normalized spacial score (nSPS) is 20.8. The van der Waals surface area contributed by atoms with Crippen molar-refractivity contribution in [3.05, 3.63) is 11.8 Å². The van der Waals surface area contributed by atoms with Crippen LogP contribution in [-0.2, 0) is 0 Å². The highest BCUT2D eigenvalue weighted by Gasteiger charge is 2.20. The molecular formula is C9H17N3. The van der Waals surface area contributed by atoms with Crippen molar-refractivity contribution >= 4 is 5.96 Å². The van der Waals surface area contributed by atoms with E-state index in [1.165, 1.54) is 5.70 Å². The SMILES string of the molecule is CC1=CC(C)(C)N=C(N(C)C)N1. The molecule has 0 aromatic heterocycles. The zero-order valence-electron chi connectivity index (χ0n) is 8.47. The van der Waals surface area contributed by atoms with Crippen LogP contribution < -0.4 is 5.32 Å². The first-order valence-corrected chi connectivity index (χ1v) is 4.14. The van der Waals surface area contributed by atoms with Gasteiger partial charge in [0.25, 0.3) is 0 Å². The Balaban J connectivity index is 2.88. The van der Waals surface area contributed by atoms with E-state index >= 15 is 0 Å². The lowest BCUT2D eigenvalue weighted by Crippen LogP contribution is -2.41. The summed E-state index contributed by atoms with van der Waals surface area (Å²) in [6.45, 7) is 6.25. The summed E-state index contributed by atoms with van der Waals surface area (Å²) in [5.74, 6) is 0.931. The Bertz CT molecular complexity index is 236. The van der Waals surface area contributed by atoms with E-state index in [9.17, 15) is 0 Å². The van der Waals surface area contributed by atoms with Crippen molar-refractivity contribution in [2.75, 3.05) is 14.1 Å². The molecular weight excluding hydrogens is 150 g/mol. The fraction of sp³-hybridized carbons (Fsp3) is 0.667. The van der Waals surface area contributed by atoms with Gasteiger partial charge in [-0.25, -0.2) is 4.99 Å². The number of nitrogens with one attached hydrogen (secondary N) is 1. The van der Waals surface area contributed by atoms with Crippen molar-refractivity contribution in [1.29, 1.82) is 0 Å². The third-order valence-electron chi connectivity index (χ3n) is 1.70. The van der Waals surface area contributed by atoms with Crippen molar-refractivity contribution in [3.8, 4) is 0 Å². The predicted molar refractivity (Wildman–Crippen MR) is 52.1 cm³/mol. The molecule has 0 atom stereocenters. The fourth-order valence-corrected chi connectivity index (χ4v) is 1.29. The second-order valence-corrected chi connectivity index (χ2v) is 3.94. The van der Waals surface area contributed by atoms with Crippen LogP contribution in [0.1, 0.15) is 20.8 Å². The highest BCUT2D eigenvalue weighted by Crippen LogP contribution is 2.16. The van der Waals surface area contributed by atoms with Gasteiger partial charge in [-0.1, -0.05) is 0 Å². The van der Waals surface area contributed by atoms with Crippen LogP contribution in [0.25, 0.3) is 0 Å². The van der Waals surface area contributed by atoms with E-state index in [0.717, 1.165) is 5.96 Å². The summed E-state index contributed by atoms with van der Waals surface area (Å²) < 4.78 is 0. The van der Waals surface area contributed by atoms with E-state index in [2.05, 4.69) is 37.2 Å². The molecule has 0 spiro atoms. The van der Waals surface area contributed by atoms with Gasteiger partial charge in [-0.3, -0.25) is 0 Å². The number of hydrogen-bond acceptors (Lipinski definition) is 3. The summed E-state index contributed by atoms with van der Waals surface area (Å²) in [7, 11) is 3.97. The van der Waals surface area contributed by atoms with E-state index in [-0.39, 0.29) is 5.54 Å². The molecule has 1 aliphatic heterocycles. The topological polar surface area (TPSA) is 27.6 Å². The van der Waals surface area contributed by atoms with Crippen molar-refractivity contribution < 1.29 is 0 Å². The molecule has 3 nitrogen and oxygen atoms in total. The number of hydrogen-bond donors (Lipinski definition) is 1. The van der Waals surface area contributed by atoms with Crippen LogP contribution in [0.4, 0.5) is 0 Å². The molecule has 0 amide bonds. The van der Waals surface area contributed by atoms with Gasteiger partial charge >= 0.3 is 0 Å². The van der Waals surface area contributed by atoms with Gasteiger partial charge < -0.3 is 10.2 Å². The quantitative estimate of drug-likeness (QED) is 0.587. The Morgan fingerprint density at radius 2 is 2.00 bits per heavy atom. The maximum Gasteiger partial charge on any atom is 0.198 e. The molecule has 12 heavy (non-hydrogen) atoms. The molecule has 1 aliphatic rings. The van der Waals surface area contributed by atoms with E-state index < -0.39 is 0 Å². The van der Waals surface area contributed by atoms with Crippen molar-refractivity contribution in [3.63, 3.8) is 0 Å². The predicted octanol–water partition coefficient (Wildman–Crippen LogP) is 1.19. The van der Waals surface area contributed by atoms with Gasteiger partial charge in [0.05, 0.1) is 5.54 Å². The molecule has 0 aromatic rings. The first-order chi connectivity index (χ1) is 5.41. The Hall–Kier alpha value is -0.990. The van der Waals surface area contributed by atoms with E-state index in [1.54, 1.807) is 0 Å². The van der Waals surface area contributed by atoms with Gasteiger partial charge in [0.2, 0.25) is 0 Å². The lowest BCUT2D eigenvalue weighted by Gasteiger charge is -2.28. The van der Waals surface area contributed by atoms with Gasteiger partial charge in [0, 0.05) is 19.8 Å². The van der Waals surface area contributed by atoms with Crippen molar-refractivity contribution in [2.45, 2.75) is 26.3 Å². The molecule has 0 bridgehead atoms. The summed E-state index contributed by atoms with van der Waals surface area (Å²) in [6.07, 6.45) is 2.12. The van der Waals surface area contributed by atoms with Gasteiger partial charge in [-0.2, -0.15) is 0 Å². The molecule has 0 aliphatic carbocycles. The van der Waals surface area contributed by atoms with Crippen LogP contribution in [0.5, 0.6) is 0 Å². The standard InChI is InChI=1S/C9H17N3/c1-7-6-9(2,3)11-8(10-7)12(4)5/h6H,1-5H3,(H,10,11). The molecule has 3 heteroatoms. The smallest absolute Gasteiger partial charge is 0.198 e. The van der Waals surface area contributed by atoms with Crippen LogP contribution in [0.15, 0.2) is 16.8 Å². The lowest BCUT2D eigenvalue weighted by atomic mass is 10.0. The summed E-state index contributed by atoms with van der Waals surface area (Å²) >= 11 is 0. The zero-order valence-corrected chi connectivity index (χ0v) is 8.47. The minimum absolute atomic E-state index is 0.0745. The third-order valence-corrected chi connectivity index (χ3v) is 1.70. The van der Waals surface area contributed by atoms with Crippen LogP contribution in [0.3, 0.4) is 0 Å². The number of rotatable bonds is 0. The Morgan fingerprint density at radius 1 is 1.42 bits per heavy atom. The highest BCUT2D eigenvalue weighted by molar-refractivity contribution is 5.82. The second kappa shape index (κ2) is 2.81. The van der Waals surface area contributed by atoms with Gasteiger partial charge in [-0.05, 0) is 26.8 Å². The van der Waals surface area contributed by atoms with Crippen LogP contribution in [0.2, 0.25) is 0 Å². The molecule has 0 fully saturated rings. The van der Waals surface area contributed by atoms with Gasteiger partial charge in [0.1, 0.15) is 0 Å². The maximum absolute atomic E-state index is 4.52. The first-order valence-electron chi connectivity index (χ1n) is 4.14. The minimum Gasteiger partial charge on any atom is -0.349 e. The maximum atomic E-state index is 4.52. The molecule has 0 unspecified atom stereocenters. The summed E-state index contributed by atoms with van der Waals surface area (Å²) in [6, 6.07) is 0. The van der Waals surface area contributed by atoms with Crippen LogP contribution in [-0.4, -0.2) is 30.5 Å². The van der Waals surface area contributed by atoms with Crippen molar-refractivity contribution in [2.24, 2.45) is 4.99 Å². The number of guanidine groups is 1. The monoisotopic (exact) mass is 167 g/mol. The largest absolute Gasteiger partial charge is 0.349 e. The Kier molecular flexibility index (Phi) is 2.13. The fourth-order valence-electron chi connectivity index (χ4n) is 1.29. The summed E-state index contributed by atoms with van der Waals surface area (Å²) in [4.78, 5) is 6.50. The van der Waals surface area contributed by atoms with Crippen LogP contribution in [0, 0.1) is 0 Å².